The van der Waals surface area contributed by atoms with Gasteiger partial charge < -0.3 is 5.32 Å². The zero-order valence-corrected chi connectivity index (χ0v) is 12.7. The second kappa shape index (κ2) is 5.30. The summed E-state index contributed by atoms with van der Waals surface area (Å²) >= 11 is 1.55. The van der Waals surface area contributed by atoms with Crippen LogP contribution >= 0.6 is 11.3 Å². The highest BCUT2D eigenvalue weighted by Gasteiger charge is 2.05. The van der Waals surface area contributed by atoms with Crippen LogP contribution in [0, 0.1) is 0 Å². The molecule has 3 rings (SSSR count). The highest BCUT2D eigenvalue weighted by molar-refractivity contribution is 7.92. The molecule has 0 saturated heterocycles. The van der Waals surface area contributed by atoms with Gasteiger partial charge in [0.15, 0.2) is 0 Å². The Morgan fingerprint density at radius 1 is 1.05 bits per heavy atom. The maximum absolute atomic E-state index is 11.2. The second-order valence-corrected chi connectivity index (χ2v) is 7.08. The Labute approximate surface area is 125 Å². The third-order valence-electron chi connectivity index (χ3n) is 2.71. The first kappa shape index (κ1) is 13.8. The summed E-state index contributed by atoms with van der Waals surface area (Å²) in [7, 11) is -3.26. The highest BCUT2D eigenvalue weighted by atomic mass is 32.2. The van der Waals surface area contributed by atoms with Crippen LogP contribution in [0.4, 0.5) is 17.2 Å². The number of rotatable bonds is 4. The molecule has 0 atom stereocenters. The molecule has 2 heterocycles. The molecule has 0 aliphatic rings. The number of thiophene rings is 1. The van der Waals surface area contributed by atoms with Crippen molar-refractivity contribution in [2.45, 2.75) is 0 Å². The van der Waals surface area contributed by atoms with Crippen LogP contribution in [0.15, 0.2) is 42.0 Å². The van der Waals surface area contributed by atoms with E-state index in [1.807, 2.05) is 11.4 Å². The first-order valence-electron chi connectivity index (χ1n) is 6.04. The number of fused-ring (bicyclic) bond motifs is 1. The highest BCUT2D eigenvalue weighted by Crippen LogP contribution is 2.26. The Morgan fingerprint density at radius 3 is 2.48 bits per heavy atom. The van der Waals surface area contributed by atoms with E-state index in [0.29, 0.717) is 5.69 Å². The molecule has 0 bridgehead atoms. The molecule has 0 amide bonds. The topological polar surface area (TPSA) is 84.0 Å². The van der Waals surface area contributed by atoms with Crippen LogP contribution in [0.25, 0.3) is 10.2 Å². The SMILES string of the molecule is CS(=O)(=O)Nc1ccc(Nc2ncnc3sccc23)cc1. The molecular weight excluding hydrogens is 308 g/mol. The van der Waals surface area contributed by atoms with Crippen LogP contribution in [0.3, 0.4) is 0 Å². The summed E-state index contributed by atoms with van der Waals surface area (Å²) in [4.78, 5) is 9.34. The van der Waals surface area contributed by atoms with Crippen molar-refractivity contribution in [3.05, 3.63) is 42.0 Å². The summed E-state index contributed by atoms with van der Waals surface area (Å²) in [6.07, 6.45) is 2.63. The van der Waals surface area contributed by atoms with Crippen molar-refractivity contribution in [3.63, 3.8) is 0 Å². The van der Waals surface area contributed by atoms with E-state index in [1.165, 1.54) is 6.33 Å². The van der Waals surface area contributed by atoms with Crippen molar-refractivity contribution in [2.24, 2.45) is 0 Å². The molecule has 0 aliphatic carbocycles. The quantitative estimate of drug-likeness (QED) is 0.772. The summed E-state index contributed by atoms with van der Waals surface area (Å²) in [6, 6.07) is 8.91. The zero-order chi connectivity index (χ0) is 14.9. The number of benzene rings is 1. The van der Waals surface area contributed by atoms with Crippen molar-refractivity contribution >= 4 is 48.8 Å². The summed E-state index contributed by atoms with van der Waals surface area (Å²) in [6.45, 7) is 0. The Kier molecular flexibility index (Phi) is 3.48. The maximum atomic E-state index is 11.2. The van der Waals surface area contributed by atoms with Gasteiger partial charge in [0.25, 0.3) is 0 Å². The molecule has 8 heteroatoms. The lowest BCUT2D eigenvalue weighted by Crippen LogP contribution is -2.09. The van der Waals surface area contributed by atoms with Crippen LogP contribution in [0.2, 0.25) is 0 Å². The first-order chi connectivity index (χ1) is 10.0. The summed E-state index contributed by atoms with van der Waals surface area (Å²) in [5.41, 5.74) is 1.34. The molecule has 3 aromatic rings. The first-order valence-corrected chi connectivity index (χ1v) is 8.81. The number of hydrogen-bond acceptors (Lipinski definition) is 6. The van der Waals surface area contributed by atoms with Gasteiger partial charge in [-0.15, -0.1) is 11.3 Å². The van der Waals surface area contributed by atoms with E-state index in [9.17, 15) is 8.42 Å². The zero-order valence-electron chi connectivity index (χ0n) is 11.1. The molecule has 2 N–H and O–H groups in total. The van der Waals surface area contributed by atoms with Crippen molar-refractivity contribution in [1.82, 2.24) is 9.97 Å². The number of sulfonamides is 1. The van der Waals surface area contributed by atoms with E-state index in [2.05, 4.69) is 20.0 Å². The predicted molar refractivity (Wildman–Crippen MR) is 85.6 cm³/mol. The van der Waals surface area contributed by atoms with Gasteiger partial charge in [-0.2, -0.15) is 0 Å². The van der Waals surface area contributed by atoms with E-state index in [-0.39, 0.29) is 0 Å². The van der Waals surface area contributed by atoms with E-state index >= 15 is 0 Å². The van der Waals surface area contributed by atoms with Gasteiger partial charge in [-0.25, -0.2) is 18.4 Å². The lowest BCUT2D eigenvalue weighted by atomic mass is 10.3. The van der Waals surface area contributed by atoms with Gasteiger partial charge in [0.1, 0.15) is 17.0 Å². The van der Waals surface area contributed by atoms with Gasteiger partial charge in [0.2, 0.25) is 10.0 Å². The Bertz CT molecular complexity index is 873. The molecule has 0 fully saturated rings. The van der Waals surface area contributed by atoms with Crippen molar-refractivity contribution < 1.29 is 8.42 Å². The number of aromatic nitrogens is 2. The van der Waals surface area contributed by atoms with Crippen LogP contribution < -0.4 is 10.0 Å². The minimum absolute atomic E-state index is 0.520. The van der Waals surface area contributed by atoms with Gasteiger partial charge in [0.05, 0.1) is 11.6 Å². The van der Waals surface area contributed by atoms with Crippen molar-refractivity contribution in [1.29, 1.82) is 0 Å². The number of hydrogen-bond donors (Lipinski definition) is 2. The molecule has 0 radical (unpaired) electrons. The number of nitrogens with one attached hydrogen (secondary N) is 2. The van der Waals surface area contributed by atoms with Gasteiger partial charge >= 0.3 is 0 Å². The normalized spacial score (nSPS) is 11.5. The molecule has 21 heavy (non-hydrogen) atoms. The van der Waals surface area contributed by atoms with Crippen molar-refractivity contribution in [2.75, 3.05) is 16.3 Å². The molecule has 0 unspecified atom stereocenters. The molecule has 1 aromatic carbocycles. The Morgan fingerprint density at radius 2 is 1.76 bits per heavy atom. The van der Waals surface area contributed by atoms with Gasteiger partial charge in [-0.1, -0.05) is 0 Å². The third-order valence-corrected chi connectivity index (χ3v) is 4.14. The second-order valence-electron chi connectivity index (χ2n) is 4.44. The Balaban J connectivity index is 1.84. The van der Waals surface area contributed by atoms with E-state index in [0.717, 1.165) is 28.0 Å². The monoisotopic (exact) mass is 320 g/mol. The van der Waals surface area contributed by atoms with Crippen LogP contribution in [-0.2, 0) is 10.0 Å². The van der Waals surface area contributed by atoms with E-state index in [1.54, 1.807) is 35.6 Å². The fraction of sp³-hybridized carbons (Fsp3) is 0.0769. The maximum Gasteiger partial charge on any atom is 0.229 e. The van der Waals surface area contributed by atoms with Crippen LogP contribution in [-0.4, -0.2) is 24.6 Å². The summed E-state index contributed by atoms with van der Waals surface area (Å²) in [5, 5.41) is 6.12. The smallest absolute Gasteiger partial charge is 0.229 e. The largest absolute Gasteiger partial charge is 0.340 e. The van der Waals surface area contributed by atoms with Crippen molar-refractivity contribution in [3.8, 4) is 0 Å². The van der Waals surface area contributed by atoms with E-state index < -0.39 is 10.0 Å². The molecule has 6 nitrogen and oxygen atoms in total. The fourth-order valence-electron chi connectivity index (χ4n) is 1.86. The Hall–Kier alpha value is -2.19. The fourth-order valence-corrected chi connectivity index (χ4v) is 3.16. The summed E-state index contributed by atoms with van der Waals surface area (Å²) < 4.78 is 24.7. The molecule has 108 valence electrons. The minimum Gasteiger partial charge on any atom is -0.340 e. The van der Waals surface area contributed by atoms with Gasteiger partial charge in [-0.3, -0.25) is 4.72 Å². The lowest BCUT2D eigenvalue weighted by Gasteiger charge is -2.08. The molecular formula is C13H12N4O2S2. The average Bonchev–Trinajstić information content (AvgIpc) is 2.89. The molecule has 0 aliphatic heterocycles. The molecule has 0 spiro atoms. The van der Waals surface area contributed by atoms with Crippen LogP contribution in [0.1, 0.15) is 0 Å². The van der Waals surface area contributed by atoms with Gasteiger partial charge in [0, 0.05) is 11.4 Å². The lowest BCUT2D eigenvalue weighted by molar-refractivity contribution is 0.607. The minimum atomic E-state index is -3.26. The van der Waals surface area contributed by atoms with Crippen LogP contribution in [0.5, 0.6) is 0 Å². The third kappa shape index (κ3) is 3.29. The molecule has 0 saturated carbocycles. The standard InChI is InChI=1S/C13H12N4O2S2/c1-21(18,19)17-10-4-2-9(3-5-10)16-12-11-6-7-20-13(11)15-8-14-12/h2-8,17H,1H3,(H,14,15,16). The number of nitrogens with zero attached hydrogens (tertiary/aromatic N) is 2. The predicted octanol–water partition coefficient (Wildman–Crippen LogP) is 2.81. The summed E-state index contributed by atoms with van der Waals surface area (Å²) in [5.74, 6) is 0.727. The van der Waals surface area contributed by atoms with E-state index in [4.69, 9.17) is 0 Å². The number of anilines is 3. The van der Waals surface area contributed by atoms with Gasteiger partial charge in [-0.05, 0) is 35.7 Å². The molecule has 2 aromatic heterocycles. The average molecular weight is 320 g/mol.